The number of anilines is 1. The van der Waals surface area contributed by atoms with E-state index in [4.69, 9.17) is 0 Å². The lowest BCUT2D eigenvalue weighted by Gasteiger charge is -2.25. The van der Waals surface area contributed by atoms with E-state index in [2.05, 4.69) is 15.5 Å². The van der Waals surface area contributed by atoms with Crippen LogP contribution in [0.2, 0.25) is 0 Å². The van der Waals surface area contributed by atoms with Crippen molar-refractivity contribution in [3.63, 3.8) is 0 Å². The summed E-state index contributed by atoms with van der Waals surface area (Å²) in [4.78, 5) is 14.1. The number of aromatic nitrogens is 2. The van der Waals surface area contributed by atoms with E-state index in [1.165, 1.54) is 23.1 Å². The zero-order valence-corrected chi connectivity index (χ0v) is 14.6. The van der Waals surface area contributed by atoms with Crippen molar-refractivity contribution in [3.05, 3.63) is 35.9 Å². The van der Waals surface area contributed by atoms with Crippen molar-refractivity contribution in [1.29, 1.82) is 0 Å². The van der Waals surface area contributed by atoms with Gasteiger partial charge in [0, 0.05) is 13.6 Å². The first-order valence-corrected chi connectivity index (χ1v) is 8.92. The van der Waals surface area contributed by atoms with Crippen molar-refractivity contribution >= 4 is 34.1 Å². The third-order valence-electron chi connectivity index (χ3n) is 3.31. The quantitative estimate of drug-likeness (QED) is 0.786. The Bertz CT molecular complexity index is 603. The summed E-state index contributed by atoms with van der Waals surface area (Å²) < 4.78 is 0.810. The highest BCUT2D eigenvalue weighted by atomic mass is 32.2. The van der Waals surface area contributed by atoms with Gasteiger partial charge >= 0.3 is 0 Å². The van der Waals surface area contributed by atoms with Gasteiger partial charge in [-0.25, -0.2) is 0 Å². The molecular weight excluding hydrogens is 316 g/mol. The minimum Gasteiger partial charge on any atom is -0.360 e. The van der Waals surface area contributed by atoms with E-state index in [9.17, 15) is 4.79 Å². The highest BCUT2D eigenvalue weighted by molar-refractivity contribution is 8.01. The minimum absolute atomic E-state index is 0.0565. The maximum Gasteiger partial charge on any atom is 0.233 e. The molecule has 118 valence electrons. The fraction of sp³-hybridized carbons (Fsp3) is 0.400. The summed E-state index contributed by atoms with van der Waals surface area (Å²) in [6.07, 6.45) is 0. The molecule has 0 saturated heterocycles. The number of nitrogens with zero attached hydrogens (tertiary/aromatic N) is 3. The average Bonchev–Trinajstić information content (AvgIpc) is 3.00. The second-order valence-corrected chi connectivity index (χ2v) is 6.98. The van der Waals surface area contributed by atoms with E-state index in [0.29, 0.717) is 5.75 Å². The van der Waals surface area contributed by atoms with E-state index in [-0.39, 0.29) is 11.9 Å². The summed E-state index contributed by atoms with van der Waals surface area (Å²) in [5.74, 6) is 0.454. The molecule has 0 aliphatic rings. The van der Waals surface area contributed by atoms with Crippen LogP contribution in [-0.4, -0.2) is 40.3 Å². The predicted molar refractivity (Wildman–Crippen MR) is 92.4 cm³/mol. The Balaban J connectivity index is 1.88. The topological polar surface area (TPSA) is 58.1 Å². The predicted octanol–water partition coefficient (Wildman–Crippen LogP) is 3.28. The second kappa shape index (κ2) is 8.14. The summed E-state index contributed by atoms with van der Waals surface area (Å²) in [6, 6.07) is 10.1. The molecule has 1 N–H and O–H groups in total. The number of rotatable bonds is 7. The van der Waals surface area contributed by atoms with Crippen LogP contribution in [0.3, 0.4) is 0 Å². The van der Waals surface area contributed by atoms with Gasteiger partial charge in [-0.3, -0.25) is 4.79 Å². The van der Waals surface area contributed by atoms with Crippen molar-refractivity contribution in [2.24, 2.45) is 0 Å². The number of benzene rings is 1. The minimum atomic E-state index is 0.0565. The molecule has 0 bridgehead atoms. The van der Waals surface area contributed by atoms with Crippen LogP contribution in [0.4, 0.5) is 5.13 Å². The molecule has 2 aromatic rings. The average molecular weight is 336 g/mol. The van der Waals surface area contributed by atoms with Crippen LogP contribution in [0.15, 0.2) is 34.7 Å². The van der Waals surface area contributed by atoms with E-state index in [1.807, 2.05) is 51.2 Å². The maximum absolute atomic E-state index is 12.3. The molecule has 0 fully saturated rings. The molecule has 5 nitrogen and oxygen atoms in total. The van der Waals surface area contributed by atoms with Gasteiger partial charge < -0.3 is 10.2 Å². The molecule has 7 heteroatoms. The maximum atomic E-state index is 12.3. The fourth-order valence-electron chi connectivity index (χ4n) is 1.89. The first-order valence-electron chi connectivity index (χ1n) is 7.12. The second-order valence-electron chi connectivity index (χ2n) is 4.78. The van der Waals surface area contributed by atoms with Gasteiger partial charge in [0.2, 0.25) is 11.0 Å². The first kappa shape index (κ1) is 16.8. The number of hydrogen-bond donors (Lipinski definition) is 1. The van der Waals surface area contributed by atoms with Gasteiger partial charge in [-0.15, -0.1) is 10.2 Å². The highest BCUT2D eigenvalue weighted by Crippen LogP contribution is 2.26. The molecule has 22 heavy (non-hydrogen) atoms. The van der Waals surface area contributed by atoms with Gasteiger partial charge in [-0.05, 0) is 19.4 Å². The van der Waals surface area contributed by atoms with Gasteiger partial charge in [0.15, 0.2) is 4.34 Å². The fourth-order valence-corrected chi connectivity index (χ4v) is 3.63. The molecule has 0 aliphatic carbocycles. The standard InChI is InChI=1S/C15H20N4OS2/c1-4-16-14-17-18-15(22-14)21-10-13(20)19(3)11(2)12-8-6-5-7-9-12/h5-9,11H,4,10H2,1-3H3,(H,16,17)/t11-/m1/s1. The lowest BCUT2D eigenvalue weighted by Crippen LogP contribution is -2.31. The van der Waals surface area contributed by atoms with Crippen LogP contribution >= 0.6 is 23.1 Å². The molecule has 0 aliphatic heterocycles. The molecule has 1 atom stereocenters. The monoisotopic (exact) mass is 336 g/mol. The third-order valence-corrected chi connectivity index (χ3v) is 5.31. The van der Waals surface area contributed by atoms with E-state index in [1.54, 1.807) is 4.90 Å². The molecule has 1 heterocycles. The molecule has 0 unspecified atom stereocenters. The Morgan fingerprint density at radius 2 is 2.09 bits per heavy atom. The van der Waals surface area contributed by atoms with E-state index in [0.717, 1.165) is 21.6 Å². The van der Waals surface area contributed by atoms with Crippen molar-refractivity contribution in [2.45, 2.75) is 24.2 Å². The van der Waals surface area contributed by atoms with Crippen LogP contribution < -0.4 is 5.32 Å². The smallest absolute Gasteiger partial charge is 0.233 e. The van der Waals surface area contributed by atoms with Gasteiger partial charge in [0.25, 0.3) is 0 Å². The first-order chi connectivity index (χ1) is 10.6. The summed E-state index contributed by atoms with van der Waals surface area (Å²) in [7, 11) is 1.84. The summed E-state index contributed by atoms with van der Waals surface area (Å²) >= 11 is 2.90. The van der Waals surface area contributed by atoms with Crippen molar-refractivity contribution < 1.29 is 4.79 Å². The lowest BCUT2D eigenvalue weighted by molar-refractivity contribution is -0.128. The Labute approximate surface area is 139 Å². The molecule has 0 saturated carbocycles. The zero-order chi connectivity index (χ0) is 15.9. The number of nitrogens with one attached hydrogen (secondary N) is 1. The number of carbonyl (C=O) groups is 1. The molecule has 1 aromatic carbocycles. The Hall–Kier alpha value is -1.60. The Morgan fingerprint density at radius 1 is 1.36 bits per heavy atom. The third kappa shape index (κ3) is 4.45. The van der Waals surface area contributed by atoms with Crippen molar-refractivity contribution in [1.82, 2.24) is 15.1 Å². The number of amides is 1. The van der Waals surface area contributed by atoms with E-state index >= 15 is 0 Å². The summed E-state index contributed by atoms with van der Waals surface area (Å²) in [5.41, 5.74) is 1.13. The SMILES string of the molecule is CCNc1nnc(SCC(=O)N(C)[C@H](C)c2ccccc2)s1. The normalized spacial score (nSPS) is 12.0. The summed E-state index contributed by atoms with van der Waals surface area (Å²) in [6.45, 7) is 4.86. The van der Waals surface area contributed by atoms with Crippen LogP contribution in [0.25, 0.3) is 0 Å². The van der Waals surface area contributed by atoms with Crippen molar-refractivity contribution in [3.8, 4) is 0 Å². The molecule has 2 rings (SSSR count). The highest BCUT2D eigenvalue weighted by Gasteiger charge is 2.18. The van der Waals surface area contributed by atoms with Gasteiger partial charge in [0.05, 0.1) is 11.8 Å². The van der Waals surface area contributed by atoms with Gasteiger partial charge in [0.1, 0.15) is 0 Å². The van der Waals surface area contributed by atoms with Crippen LogP contribution in [-0.2, 0) is 4.79 Å². The molecule has 0 spiro atoms. The number of hydrogen-bond acceptors (Lipinski definition) is 6. The molecular formula is C15H20N4OS2. The van der Waals surface area contributed by atoms with Crippen LogP contribution in [0.5, 0.6) is 0 Å². The molecule has 1 aromatic heterocycles. The zero-order valence-electron chi connectivity index (χ0n) is 12.9. The number of thioether (sulfide) groups is 1. The summed E-state index contributed by atoms with van der Waals surface area (Å²) in [5, 5.41) is 12.0. The van der Waals surface area contributed by atoms with Crippen LogP contribution in [0.1, 0.15) is 25.5 Å². The molecule has 0 radical (unpaired) electrons. The Kier molecular flexibility index (Phi) is 6.21. The van der Waals surface area contributed by atoms with Crippen LogP contribution in [0, 0.1) is 0 Å². The molecule has 1 amide bonds. The van der Waals surface area contributed by atoms with E-state index < -0.39 is 0 Å². The Morgan fingerprint density at radius 3 is 2.77 bits per heavy atom. The lowest BCUT2D eigenvalue weighted by atomic mass is 10.1. The van der Waals surface area contributed by atoms with Gasteiger partial charge in [-0.1, -0.05) is 53.4 Å². The number of carbonyl (C=O) groups excluding carboxylic acids is 1. The van der Waals surface area contributed by atoms with Crippen molar-refractivity contribution in [2.75, 3.05) is 24.7 Å². The largest absolute Gasteiger partial charge is 0.360 e. The van der Waals surface area contributed by atoms with Gasteiger partial charge in [-0.2, -0.15) is 0 Å².